The Morgan fingerprint density at radius 3 is 2.33 bits per heavy atom. The number of rotatable bonds is 10. The van der Waals surface area contributed by atoms with Gasteiger partial charge in [-0.15, -0.1) is 0 Å². The summed E-state index contributed by atoms with van der Waals surface area (Å²) in [6, 6.07) is 13.7. The Kier molecular flexibility index (Phi) is 10.8. The van der Waals surface area contributed by atoms with E-state index in [1.165, 1.54) is 0 Å². The van der Waals surface area contributed by atoms with Gasteiger partial charge in [-0.1, -0.05) is 49.0 Å². The minimum absolute atomic E-state index is 0.311. The van der Waals surface area contributed by atoms with E-state index in [2.05, 4.69) is 27.3 Å². The van der Waals surface area contributed by atoms with Gasteiger partial charge in [-0.05, 0) is 51.3 Å². The monoisotopic (exact) mass is 563 g/mol. The van der Waals surface area contributed by atoms with Crippen molar-refractivity contribution < 1.29 is 14.3 Å². The van der Waals surface area contributed by atoms with Crippen LogP contribution in [0.5, 0.6) is 0 Å². The van der Waals surface area contributed by atoms with Crippen molar-refractivity contribution in [1.29, 1.82) is 10.5 Å². The van der Waals surface area contributed by atoms with E-state index in [9.17, 15) is 20.1 Å². The molecule has 1 atom stereocenters. The topological polar surface area (TPSA) is 148 Å². The van der Waals surface area contributed by atoms with Crippen molar-refractivity contribution in [2.24, 2.45) is 5.73 Å². The van der Waals surface area contributed by atoms with Crippen molar-refractivity contribution in [3.8, 4) is 12.1 Å². The van der Waals surface area contributed by atoms with Crippen molar-refractivity contribution in [3.63, 3.8) is 0 Å². The summed E-state index contributed by atoms with van der Waals surface area (Å²) in [6.07, 6.45) is 0.845. The molecule has 0 aliphatic carbocycles. The molecule has 40 heavy (non-hydrogen) atoms. The van der Waals surface area contributed by atoms with Gasteiger partial charge in [-0.2, -0.15) is 10.5 Å². The largest absolute Gasteiger partial charge is 0.444 e. The number of benzene rings is 1. The van der Waals surface area contributed by atoms with Crippen molar-refractivity contribution in [3.05, 3.63) is 52.6 Å². The summed E-state index contributed by atoms with van der Waals surface area (Å²) in [6.45, 7) is 11.6. The number of ether oxygens (including phenoxy) is 1. The third-order valence-electron chi connectivity index (χ3n) is 6.41. The molecule has 1 fully saturated rings. The molecule has 10 nitrogen and oxygen atoms in total. The summed E-state index contributed by atoms with van der Waals surface area (Å²) in [5.41, 5.74) is 7.29. The van der Waals surface area contributed by atoms with E-state index < -0.39 is 22.9 Å². The molecule has 1 unspecified atom stereocenters. The number of nitrogens with one attached hydrogen (secondary N) is 1. The Labute approximate surface area is 240 Å². The van der Waals surface area contributed by atoms with E-state index in [-0.39, 0.29) is 0 Å². The second-order valence-corrected chi connectivity index (χ2v) is 11.6. The number of hydrogen-bond donors (Lipinski definition) is 2. The number of pyridine rings is 1. The standard InChI is InChI=1S/C29H37N7O3S/c1-5-21-22(18-30)26(34-27(23(21)19-31)40-24(25(32)37)20-10-7-6-8-11-20)36-16-14-35(15-17-36)13-9-12-33-28(38)39-29(2,3)4/h6-8,10-11,24H,5,9,12-17H2,1-4H3,(H2,32,37)(H,33,38). The molecule has 212 valence electrons. The maximum atomic E-state index is 12.4. The van der Waals surface area contributed by atoms with Crippen LogP contribution in [0, 0.1) is 22.7 Å². The number of carbonyl (C=O) groups is 2. The minimum atomic E-state index is -0.725. The van der Waals surface area contributed by atoms with E-state index in [0.29, 0.717) is 53.6 Å². The molecule has 0 radical (unpaired) electrons. The van der Waals surface area contributed by atoms with Crippen LogP contribution in [-0.2, 0) is 16.0 Å². The van der Waals surface area contributed by atoms with Crippen LogP contribution in [0.25, 0.3) is 0 Å². The molecule has 2 aromatic rings. The van der Waals surface area contributed by atoms with Crippen LogP contribution in [0.15, 0.2) is 35.4 Å². The maximum absolute atomic E-state index is 12.4. The predicted octanol–water partition coefficient (Wildman–Crippen LogP) is 3.74. The second-order valence-electron chi connectivity index (χ2n) is 10.5. The number of nitriles is 2. The van der Waals surface area contributed by atoms with Crippen LogP contribution in [0.3, 0.4) is 0 Å². The molecule has 11 heteroatoms. The van der Waals surface area contributed by atoms with E-state index in [4.69, 9.17) is 15.5 Å². The number of nitrogens with zero attached hydrogens (tertiary/aromatic N) is 5. The zero-order valence-corrected chi connectivity index (χ0v) is 24.4. The Bertz CT molecular complexity index is 1270. The molecule has 1 aromatic heterocycles. The van der Waals surface area contributed by atoms with Crippen molar-refractivity contribution >= 4 is 29.6 Å². The summed E-state index contributed by atoms with van der Waals surface area (Å²) in [5, 5.41) is 22.5. The number of hydrogen-bond acceptors (Lipinski definition) is 9. The van der Waals surface area contributed by atoms with Crippen LogP contribution in [0.1, 0.15) is 61.6 Å². The molecule has 0 bridgehead atoms. The number of nitrogens with two attached hydrogens (primary N) is 1. The fourth-order valence-electron chi connectivity index (χ4n) is 4.52. The highest BCUT2D eigenvalue weighted by Gasteiger charge is 2.28. The van der Waals surface area contributed by atoms with Crippen LogP contribution in [-0.4, -0.2) is 66.8 Å². The number of anilines is 1. The first kappa shape index (κ1) is 30.7. The molecular weight excluding hydrogens is 526 g/mol. The van der Waals surface area contributed by atoms with Crippen LogP contribution >= 0.6 is 11.8 Å². The van der Waals surface area contributed by atoms with Crippen molar-refractivity contribution in [2.45, 2.75) is 56.4 Å². The Balaban J connectivity index is 1.74. The van der Waals surface area contributed by atoms with Gasteiger partial charge >= 0.3 is 6.09 Å². The number of aromatic nitrogens is 1. The highest BCUT2D eigenvalue weighted by molar-refractivity contribution is 8.00. The van der Waals surface area contributed by atoms with Gasteiger partial charge in [-0.25, -0.2) is 9.78 Å². The molecule has 2 amide bonds. The zero-order valence-electron chi connectivity index (χ0n) is 23.6. The molecule has 1 saturated heterocycles. The van der Waals surface area contributed by atoms with Crippen LogP contribution < -0.4 is 16.0 Å². The number of alkyl carbamates (subject to hydrolysis) is 1. The molecule has 3 N–H and O–H groups in total. The first-order chi connectivity index (χ1) is 19.1. The van der Waals surface area contributed by atoms with E-state index in [1.54, 1.807) is 0 Å². The lowest BCUT2D eigenvalue weighted by Crippen LogP contribution is -2.47. The summed E-state index contributed by atoms with van der Waals surface area (Å²) in [4.78, 5) is 33.4. The van der Waals surface area contributed by atoms with Gasteiger partial charge < -0.3 is 20.7 Å². The third-order valence-corrected chi connectivity index (χ3v) is 7.67. The predicted molar refractivity (Wildman–Crippen MR) is 155 cm³/mol. The molecule has 0 saturated carbocycles. The summed E-state index contributed by atoms with van der Waals surface area (Å²) in [5.74, 6) is 0.00370. The molecule has 3 rings (SSSR count). The van der Waals surface area contributed by atoms with Gasteiger partial charge in [0.2, 0.25) is 5.91 Å². The number of amides is 2. The fourth-order valence-corrected chi connectivity index (χ4v) is 5.58. The summed E-state index contributed by atoms with van der Waals surface area (Å²) < 4.78 is 5.27. The highest BCUT2D eigenvalue weighted by Crippen LogP contribution is 2.39. The molecular formula is C29H37N7O3S. The Morgan fingerprint density at radius 1 is 1.12 bits per heavy atom. The van der Waals surface area contributed by atoms with Crippen molar-refractivity contribution in [1.82, 2.24) is 15.2 Å². The summed E-state index contributed by atoms with van der Waals surface area (Å²) in [7, 11) is 0. The molecule has 2 heterocycles. The van der Waals surface area contributed by atoms with E-state index >= 15 is 0 Å². The first-order valence-electron chi connectivity index (χ1n) is 13.4. The summed E-state index contributed by atoms with van der Waals surface area (Å²) >= 11 is 1.15. The quantitative estimate of drug-likeness (QED) is 0.326. The lowest BCUT2D eigenvalue weighted by molar-refractivity contribution is -0.117. The second kappa shape index (κ2) is 14.0. The van der Waals surface area contributed by atoms with Gasteiger partial charge in [-0.3, -0.25) is 9.69 Å². The first-order valence-corrected chi connectivity index (χ1v) is 14.3. The van der Waals surface area contributed by atoms with E-state index in [0.717, 1.165) is 43.4 Å². The van der Waals surface area contributed by atoms with Gasteiger partial charge in [0.1, 0.15) is 33.8 Å². The normalized spacial score (nSPS) is 14.6. The molecule has 1 aromatic carbocycles. The number of piperazine rings is 1. The average molecular weight is 564 g/mol. The number of primary amides is 1. The Morgan fingerprint density at radius 2 is 1.77 bits per heavy atom. The third kappa shape index (κ3) is 8.10. The lowest BCUT2D eigenvalue weighted by atomic mass is 10.0. The highest BCUT2D eigenvalue weighted by atomic mass is 32.2. The van der Waals surface area contributed by atoms with Crippen molar-refractivity contribution in [2.75, 3.05) is 44.2 Å². The van der Waals surface area contributed by atoms with E-state index in [1.807, 2.05) is 58.0 Å². The van der Waals surface area contributed by atoms with Gasteiger partial charge in [0.15, 0.2) is 0 Å². The van der Waals surface area contributed by atoms with Gasteiger partial charge in [0, 0.05) is 32.7 Å². The minimum Gasteiger partial charge on any atom is -0.444 e. The van der Waals surface area contributed by atoms with Crippen LogP contribution in [0.2, 0.25) is 0 Å². The number of thioether (sulfide) groups is 1. The zero-order chi connectivity index (χ0) is 29.3. The van der Waals surface area contributed by atoms with Crippen LogP contribution in [0.4, 0.5) is 10.6 Å². The lowest BCUT2D eigenvalue weighted by Gasteiger charge is -2.36. The maximum Gasteiger partial charge on any atom is 0.407 e. The Hall–Kier alpha value is -3.80. The fraction of sp³-hybridized carbons (Fsp3) is 0.483. The number of carbonyl (C=O) groups excluding carboxylic acids is 2. The van der Waals surface area contributed by atoms with Gasteiger partial charge in [0.05, 0.1) is 11.1 Å². The SMILES string of the molecule is CCc1c(C#N)c(SC(C(N)=O)c2ccccc2)nc(N2CCN(CCCNC(=O)OC(C)(C)C)CC2)c1C#N. The smallest absolute Gasteiger partial charge is 0.407 e. The molecule has 1 aliphatic rings. The molecule has 0 spiro atoms. The average Bonchev–Trinajstić information content (AvgIpc) is 2.92. The molecule has 1 aliphatic heterocycles. The van der Waals surface area contributed by atoms with Gasteiger partial charge in [0.25, 0.3) is 0 Å².